The molecule has 0 spiro atoms. The third-order valence-electron chi connectivity index (χ3n) is 6.47. The number of hydrogen-bond acceptors (Lipinski definition) is 6. The summed E-state index contributed by atoms with van der Waals surface area (Å²) in [6, 6.07) is 10.9. The SMILES string of the molecule is COc1ccc(CN(C(=O)CN(c2cc(Cl)ccc2OC)S(C)(=O)=O)[C@@H](C)C(=O)NC2CCCC2)cc1. The second-order valence-electron chi connectivity index (χ2n) is 9.12. The average Bonchev–Trinajstić information content (AvgIpc) is 3.38. The van der Waals surface area contributed by atoms with E-state index in [2.05, 4.69) is 5.32 Å². The highest BCUT2D eigenvalue weighted by atomic mass is 35.5. The Morgan fingerprint density at radius 3 is 2.30 bits per heavy atom. The zero-order valence-corrected chi connectivity index (χ0v) is 23.1. The van der Waals surface area contributed by atoms with Crippen LogP contribution in [0.25, 0.3) is 0 Å². The second-order valence-corrected chi connectivity index (χ2v) is 11.5. The zero-order chi connectivity index (χ0) is 27.2. The minimum Gasteiger partial charge on any atom is -0.497 e. The summed E-state index contributed by atoms with van der Waals surface area (Å²) in [5.74, 6) is 0.0821. The van der Waals surface area contributed by atoms with Crippen molar-refractivity contribution >= 4 is 39.1 Å². The molecule has 2 aromatic carbocycles. The lowest BCUT2D eigenvalue weighted by Gasteiger charge is -2.32. The lowest BCUT2D eigenvalue weighted by molar-refractivity contribution is -0.139. The molecule has 1 aliphatic carbocycles. The molecule has 0 aromatic heterocycles. The van der Waals surface area contributed by atoms with Crippen molar-refractivity contribution in [2.24, 2.45) is 0 Å². The van der Waals surface area contributed by atoms with Gasteiger partial charge in [-0.1, -0.05) is 36.6 Å². The van der Waals surface area contributed by atoms with Gasteiger partial charge in [-0.3, -0.25) is 13.9 Å². The van der Waals surface area contributed by atoms with Gasteiger partial charge in [0.2, 0.25) is 21.8 Å². The summed E-state index contributed by atoms with van der Waals surface area (Å²) >= 11 is 6.14. The molecule has 0 heterocycles. The highest BCUT2D eigenvalue weighted by Gasteiger charge is 2.32. The van der Waals surface area contributed by atoms with E-state index in [1.54, 1.807) is 44.4 Å². The van der Waals surface area contributed by atoms with Crippen LogP contribution in [0.15, 0.2) is 42.5 Å². The fraction of sp³-hybridized carbons (Fsp3) is 0.462. The Bertz CT molecular complexity index is 1200. The number of amides is 2. The summed E-state index contributed by atoms with van der Waals surface area (Å²) in [7, 11) is -0.949. The van der Waals surface area contributed by atoms with E-state index in [4.69, 9.17) is 21.1 Å². The van der Waals surface area contributed by atoms with Gasteiger partial charge in [0.1, 0.15) is 24.1 Å². The van der Waals surface area contributed by atoms with Gasteiger partial charge >= 0.3 is 0 Å². The van der Waals surface area contributed by atoms with Crippen molar-refractivity contribution in [3.8, 4) is 11.5 Å². The number of methoxy groups -OCH3 is 2. The molecule has 37 heavy (non-hydrogen) atoms. The zero-order valence-electron chi connectivity index (χ0n) is 21.6. The lowest BCUT2D eigenvalue weighted by Crippen LogP contribution is -2.52. The number of nitrogens with one attached hydrogen (secondary N) is 1. The number of nitrogens with zero attached hydrogens (tertiary/aromatic N) is 2. The molecule has 11 heteroatoms. The Hall–Kier alpha value is -2.98. The monoisotopic (exact) mass is 551 g/mol. The standard InChI is InChI=1S/C26H34ClN3O6S/c1-18(26(32)28-21-7-5-6-8-21)29(16-19-9-12-22(35-2)13-10-19)25(31)17-30(37(4,33)34)23-15-20(27)11-14-24(23)36-3/h9-15,18,21H,5-8,16-17H2,1-4H3,(H,28,32)/t18-/m0/s1. The molecule has 1 N–H and O–H groups in total. The Kier molecular flexibility index (Phi) is 9.67. The molecular formula is C26H34ClN3O6S. The van der Waals surface area contributed by atoms with E-state index in [0.717, 1.165) is 41.8 Å². The highest BCUT2D eigenvalue weighted by molar-refractivity contribution is 7.92. The first-order chi connectivity index (χ1) is 17.5. The van der Waals surface area contributed by atoms with Crippen LogP contribution < -0.4 is 19.1 Å². The summed E-state index contributed by atoms with van der Waals surface area (Å²) in [6.45, 7) is 1.22. The van der Waals surface area contributed by atoms with Crippen LogP contribution >= 0.6 is 11.6 Å². The van der Waals surface area contributed by atoms with Crippen molar-refractivity contribution in [3.63, 3.8) is 0 Å². The van der Waals surface area contributed by atoms with Crippen molar-refractivity contribution in [3.05, 3.63) is 53.1 Å². The minimum absolute atomic E-state index is 0.0797. The van der Waals surface area contributed by atoms with Crippen LogP contribution in [-0.4, -0.2) is 64.2 Å². The number of ether oxygens (including phenoxy) is 2. The maximum absolute atomic E-state index is 13.7. The summed E-state index contributed by atoms with van der Waals surface area (Å²) in [5, 5.41) is 3.33. The molecular weight excluding hydrogens is 518 g/mol. The van der Waals surface area contributed by atoms with Crippen LogP contribution in [0.2, 0.25) is 5.02 Å². The molecule has 1 atom stereocenters. The van der Waals surface area contributed by atoms with E-state index < -0.39 is 28.5 Å². The van der Waals surface area contributed by atoms with Gasteiger partial charge < -0.3 is 19.7 Å². The number of sulfonamides is 1. The maximum atomic E-state index is 13.7. The molecule has 202 valence electrons. The van der Waals surface area contributed by atoms with Gasteiger partial charge in [-0.05, 0) is 55.7 Å². The fourth-order valence-electron chi connectivity index (χ4n) is 4.36. The smallest absolute Gasteiger partial charge is 0.244 e. The number of carbonyl (C=O) groups excluding carboxylic acids is 2. The lowest BCUT2D eigenvalue weighted by atomic mass is 10.1. The van der Waals surface area contributed by atoms with E-state index in [1.807, 2.05) is 0 Å². The van der Waals surface area contributed by atoms with Gasteiger partial charge in [0.15, 0.2) is 0 Å². The number of halogens is 1. The van der Waals surface area contributed by atoms with Gasteiger partial charge in [-0.2, -0.15) is 0 Å². The van der Waals surface area contributed by atoms with E-state index in [1.165, 1.54) is 24.1 Å². The summed E-state index contributed by atoms with van der Waals surface area (Å²) in [4.78, 5) is 28.2. The summed E-state index contributed by atoms with van der Waals surface area (Å²) < 4.78 is 37.1. The predicted molar refractivity (Wildman–Crippen MR) is 144 cm³/mol. The van der Waals surface area contributed by atoms with Gasteiger partial charge in [0.05, 0.1) is 26.2 Å². The number of carbonyl (C=O) groups is 2. The van der Waals surface area contributed by atoms with Crippen LogP contribution in [0.3, 0.4) is 0 Å². The molecule has 0 aliphatic heterocycles. The van der Waals surface area contributed by atoms with E-state index in [0.29, 0.717) is 5.75 Å². The first-order valence-corrected chi connectivity index (χ1v) is 14.3. The van der Waals surface area contributed by atoms with E-state index in [9.17, 15) is 18.0 Å². The Balaban J connectivity index is 1.92. The van der Waals surface area contributed by atoms with Gasteiger partial charge in [0.25, 0.3) is 0 Å². The molecule has 0 saturated heterocycles. The van der Waals surface area contributed by atoms with E-state index in [-0.39, 0.29) is 35.0 Å². The molecule has 1 fully saturated rings. The normalized spacial score (nSPS) is 14.6. The quantitative estimate of drug-likeness (QED) is 0.457. The Morgan fingerprint density at radius 2 is 1.73 bits per heavy atom. The third-order valence-corrected chi connectivity index (χ3v) is 7.83. The van der Waals surface area contributed by atoms with Crippen molar-refractivity contribution < 1.29 is 27.5 Å². The van der Waals surface area contributed by atoms with E-state index >= 15 is 0 Å². The molecule has 1 saturated carbocycles. The van der Waals surface area contributed by atoms with Gasteiger partial charge in [-0.25, -0.2) is 8.42 Å². The first kappa shape index (κ1) is 28.6. The number of anilines is 1. The number of benzene rings is 2. The number of rotatable bonds is 11. The average molecular weight is 552 g/mol. The fourth-order valence-corrected chi connectivity index (χ4v) is 5.37. The Labute approximate surface area is 223 Å². The van der Waals surface area contributed by atoms with Crippen molar-refractivity contribution in [1.29, 1.82) is 0 Å². The molecule has 2 aromatic rings. The molecule has 1 aliphatic rings. The molecule has 0 radical (unpaired) electrons. The van der Waals surface area contributed by atoms with Crippen LogP contribution in [0, 0.1) is 0 Å². The Morgan fingerprint density at radius 1 is 1.08 bits per heavy atom. The third kappa shape index (κ3) is 7.52. The van der Waals surface area contributed by atoms with Crippen LogP contribution in [-0.2, 0) is 26.2 Å². The number of hydrogen-bond donors (Lipinski definition) is 1. The second kappa shape index (κ2) is 12.5. The van der Waals surface area contributed by atoms with Crippen molar-refractivity contribution in [2.75, 3.05) is 31.3 Å². The molecule has 0 bridgehead atoms. The van der Waals surface area contributed by atoms with Gasteiger partial charge in [0, 0.05) is 17.6 Å². The molecule has 3 rings (SSSR count). The molecule has 2 amide bonds. The predicted octanol–water partition coefficient (Wildman–Crippen LogP) is 3.60. The van der Waals surface area contributed by atoms with Gasteiger partial charge in [-0.15, -0.1) is 0 Å². The van der Waals surface area contributed by atoms with Crippen LogP contribution in [0.1, 0.15) is 38.2 Å². The van der Waals surface area contributed by atoms with Crippen LogP contribution in [0.5, 0.6) is 11.5 Å². The first-order valence-electron chi connectivity index (χ1n) is 12.1. The summed E-state index contributed by atoms with van der Waals surface area (Å²) in [6.07, 6.45) is 4.92. The topological polar surface area (TPSA) is 105 Å². The maximum Gasteiger partial charge on any atom is 0.244 e. The largest absolute Gasteiger partial charge is 0.497 e. The van der Waals surface area contributed by atoms with Crippen molar-refractivity contribution in [2.45, 2.75) is 51.2 Å². The van der Waals surface area contributed by atoms with Crippen LogP contribution in [0.4, 0.5) is 5.69 Å². The highest BCUT2D eigenvalue weighted by Crippen LogP contribution is 2.33. The van der Waals surface area contributed by atoms with Crippen molar-refractivity contribution in [1.82, 2.24) is 10.2 Å². The summed E-state index contributed by atoms with van der Waals surface area (Å²) in [5.41, 5.74) is 0.902. The minimum atomic E-state index is -3.91. The molecule has 9 nitrogen and oxygen atoms in total. The molecule has 0 unspecified atom stereocenters.